The number of ether oxygens (including phenoxy) is 2. The normalized spacial score (nSPS) is 21.0. The maximum Gasteiger partial charge on any atom is 0.127 e. The number of fused-ring (bicyclic) bond motifs is 1. The Morgan fingerprint density at radius 1 is 1.40 bits per heavy atom. The highest BCUT2D eigenvalue weighted by molar-refractivity contribution is 5.62. The first-order valence-electron chi connectivity index (χ1n) is 7.62. The van der Waals surface area contributed by atoms with Crippen LogP contribution in [0.25, 0.3) is 6.08 Å². The van der Waals surface area contributed by atoms with Crippen molar-refractivity contribution >= 4 is 6.08 Å². The number of hydrogen-bond acceptors (Lipinski definition) is 3. The van der Waals surface area contributed by atoms with Gasteiger partial charge in [0.25, 0.3) is 0 Å². The van der Waals surface area contributed by atoms with Crippen molar-refractivity contribution in [2.75, 3.05) is 13.2 Å². The minimum absolute atomic E-state index is 0.273. The largest absolute Gasteiger partial charge is 0.493 e. The van der Waals surface area contributed by atoms with Crippen LogP contribution in [-0.2, 0) is 6.42 Å². The lowest BCUT2D eigenvalue weighted by molar-refractivity contribution is 0.254. The van der Waals surface area contributed by atoms with E-state index in [0.29, 0.717) is 6.61 Å². The van der Waals surface area contributed by atoms with Crippen LogP contribution in [0.3, 0.4) is 0 Å². The summed E-state index contributed by atoms with van der Waals surface area (Å²) in [5, 5.41) is 3.48. The molecular formula is C17H23NO2. The van der Waals surface area contributed by atoms with Gasteiger partial charge < -0.3 is 14.8 Å². The maximum absolute atomic E-state index is 5.83. The van der Waals surface area contributed by atoms with Gasteiger partial charge in [-0.05, 0) is 38.8 Å². The van der Waals surface area contributed by atoms with Crippen molar-refractivity contribution < 1.29 is 9.47 Å². The monoisotopic (exact) mass is 273 g/mol. The van der Waals surface area contributed by atoms with Crippen LogP contribution in [0.4, 0.5) is 0 Å². The van der Waals surface area contributed by atoms with E-state index in [0.717, 1.165) is 36.1 Å². The molecule has 1 aliphatic heterocycles. The summed E-state index contributed by atoms with van der Waals surface area (Å²) in [5.74, 6) is 1.97. The smallest absolute Gasteiger partial charge is 0.127 e. The van der Waals surface area contributed by atoms with Gasteiger partial charge in [-0.3, -0.25) is 0 Å². The van der Waals surface area contributed by atoms with Crippen LogP contribution in [0, 0.1) is 0 Å². The first kappa shape index (κ1) is 13.5. The summed E-state index contributed by atoms with van der Waals surface area (Å²) in [4.78, 5) is 0. The van der Waals surface area contributed by atoms with Gasteiger partial charge in [-0.15, -0.1) is 0 Å². The van der Waals surface area contributed by atoms with Gasteiger partial charge in [0, 0.05) is 30.1 Å². The van der Waals surface area contributed by atoms with E-state index in [1.54, 1.807) is 0 Å². The highest BCUT2D eigenvalue weighted by Gasteiger charge is 2.21. The van der Waals surface area contributed by atoms with E-state index < -0.39 is 0 Å². The zero-order chi connectivity index (χ0) is 13.9. The van der Waals surface area contributed by atoms with Gasteiger partial charge in [-0.2, -0.15) is 0 Å². The second kappa shape index (κ2) is 5.88. The second-order valence-corrected chi connectivity index (χ2v) is 5.65. The Bertz CT molecular complexity index is 506. The first-order chi connectivity index (χ1) is 9.76. The molecule has 0 bridgehead atoms. The van der Waals surface area contributed by atoms with Gasteiger partial charge in [0.15, 0.2) is 0 Å². The molecule has 1 heterocycles. The molecule has 1 fully saturated rings. The molecule has 0 radical (unpaired) electrons. The summed E-state index contributed by atoms with van der Waals surface area (Å²) in [6.07, 6.45) is 8.19. The minimum Gasteiger partial charge on any atom is -0.493 e. The summed E-state index contributed by atoms with van der Waals surface area (Å²) in [5.41, 5.74) is 2.37. The third-order valence-electron chi connectivity index (χ3n) is 3.73. The number of nitrogens with one attached hydrogen (secondary N) is 1. The van der Waals surface area contributed by atoms with E-state index in [9.17, 15) is 0 Å². The number of benzene rings is 1. The lowest BCUT2D eigenvalue weighted by Crippen LogP contribution is -2.15. The Labute approximate surface area is 121 Å². The van der Waals surface area contributed by atoms with E-state index in [-0.39, 0.29) is 6.10 Å². The summed E-state index contributed by atoms with van der Waals surface area (Å²) < 4.78 is 11.6. The minimum atomic E-state index is 0.273. The molecule has 0 saturated heterocycles. The van der Waals surface area contributed by atoms with Gasteiger partial charge in [0.2, 0.25) is 0 Å². The van der Waals surface area contributed by atoms with Crippen molar-refractivity contribution in [2.45, 2.75) is 45.3 Å². The number of hydrogen-bond donors (Lipinski definition) is 1. The van der Waals surface area contributed by atoms with Crippen molar-refractivity contribution in [1.29, 1.82) is 0 Å². The summed E-state index contributed by atoms with van der Waals surface area (Å²) in [7, 11) is 0. The van der Waals surface area contributed by atoms with E-state index in [1.807, 2.05) is 6.92 Å². The third-order valence-corrected chi connectivity index (χ3v) is 3.73. The molecule has 3 nitrogen and oxygen atoms in total. The van der Waals surface area contributed by atoms with Crippen LogP contribution < -0.4 is 14.8 Å². The molecule has 20 heavy (non-hydrogen) atoms. The van der Waals surface area contributed by atoms with Crippen LogP contribution >= 0.6 is 0 Å². The van der Waals surface area contributed by atoms with Crippen LogP contribution in [0.5, 0.6) is 11.5 Å². The molecule has 0 spiro atoms. The number of rotatable bonds is 6. The lowest BCUT2D eigenvalue weighted by Gasteiger charge is -2.10. The fraction of sp³-hybridized carbons (Fsp3) is 0.529. The molecule has 1 unspecified atom stereocenters. The Hall–Kier alpha value is -1.48. The van der Waals surface area contributed by atoms with E-state index in [1.165, 1.54) is 18.4 Å². The Morgan fingerprint density at radius 2 is 2.25 bits per heavy atom. The molecule has 108 valence electrons. The molecule has 3 heteroatoms. The van der Waals surface area contributed by atoms with Gasteiger partial charge in [-0.1, -0.05) is 12.2 Å². The molecule has 2 aliphatic rings. The van der Waals surface area contributed by atoms with Gasteiger partial charge in [0.1, 0.15) is 17.6 Å². The van der Waals surface area contributed by atoms with Crippen molar-refractivity contribution in [1.82, 2.24) is 5.32 Å². The average Bonchev–Trinajstić information content (AvgIpc) is 3.16. The maximum atomic E-state index is 5.83. The molecule has 1 saturated carbocycles. The van der Waals surface area contributed by atoms with Crippen molar-refractivity contribution in [3.63, 3.8) is 0 Å². The summed E-state index contributed by atoms with van der Waals surface area (Å²) in [6, 6.07) is 4.99. The predicted octanol–water partition coefficient (Wildman–Crippen LogP) is 3.17. The Kier molecular flexibility index (Phi) is 3.97. The highest BCUT2D eigenvalue weighted by atomic mass is 16.5. The zero-order valence-corrected chi connectivity index (χ0v) is 12.3. The quantitative estimate of drug-likeness (QED) is 0.863. The van der Waals surface area contributed by atoms with Gasteiger partial charge in [0.05, 0.1) is 6.61 Å². The SMILES string of the molecule is CCOc1cc2c(cc1C=CCNC1CC1)OC(C)C2. The predicted molar refractivity (Wildman–Crippen MR) is 81.5 cm³/mol. The Balaban J connectivity index is 1.74. The third kappa shape index (κ3) is 3.15. The van der Waals surface area contributed by atoms with E-state index >= 15 is 0 Å². The van der Waals surface area contributed by atoms with Crippen molar-refractivity contribution in [2.24, 2.45) is 0 Å². The summed E-state index contributed by atoms with van der Waals surface area (Å²) in [6.45, 7) is 5.74. The average molecular weight is 273 g/mol. The molecule has 1 atom stereocenters. The molecular weight excluding hydrogens is 250 g/mol. The highest BCUT2D eigenvalue weighted by Crippen LogP contribution is 2.35. The fourth-order valence-electron chi connectivity index (χ4n) is 2.57. The van der Waals surface area contributed by atoms with Crippen molar-refractivity contribution in [3.8, 4) is 11.5 Å². The van der Waals surface area contributed by atoms with E-state index in [4.69, 9.17) is 9.47 Å². The molecule has 1 aromatic carbocycles. The first-order valence-corrected chi connectivity index (χ1v) is 7.62. The Morgan fingerprint density at radius 3 is 3.00 bits per heavy atom. The molecule has 3 rings (SSSR count). The van der Waals surface area contributed by atoms with Gasteiger partial charge >= 0.3 is 0 Å². The lowest BCUT2D eigenvalue weighted by atomic mass is 10.1. The van der Waals surface area contributed by atoms with Crippen LogP contribution in [0.1, 0.15) is 37.8 Å². The second-order valence-electron chi connectivity index (χ2n) is 5.65. The molecule has 1 aromatic rings. The molecule has 0 aromatic heterocycles. The van der Waals surface area contributed by atoms with Crippen LogP contribution in [-0.4, -0.2) is 25.3 Å². The van der Waals surface area contributed by atoms with Crippen molar-refractivity contribution in [3.05, 3.63) is 29.3 Å². The topological polar surface area (TPSA) is 30.5 Å². The molecule has 1 N–H and O–H groups in total. The summed E-state index contributed by atoms with van der Waals surface area (Å²) >= 11 is 0. The van der Waals surface area contributed by atoms with Gasteiger partial charge in [-0.25, -0.2) is 0 Å². The van der Waals surface area contributed by atoms with Crippen LogP contribution in [0.15, 0.2) is 18.2 Å². The zero-order valence-electron chi connectivity index (χ0n) is 12.3. The fourth-order valence-corrected chi connectivity index (χ4v) is 2.57. The van der Waals surface area contributed by atoms with E-state index in [2.05, 4.69) is 36.5 Å². The molecule has 0 amide bonds. The molecule has 1 aliphatic carbocycles. The van der Waals surface area contributed by atoms with Crippen LogP contribution in [0.2, 0.25) is 0 Å². The standard InChI is InChI=1S/C17H23NO2/c1-3-19-16-11-14-9-12(2)20-17(14)10-13(16)5-4-8-18-15-6-7-15/h4-5,10-12,15,18H,3,6-9H2,1-2H3.